The van der Waals surface area contributed by atoms with Gasteiger partial charge in [-0.2, -0.15) is 0 Å². The Morgan fingerprint density at radius 1 is 1.15 bits per heavy atom. The maximum Gasteiger partial charge on any atom is 0.220 e. The fourth-order valence-corrected chi connectivity index (χ4v) is 4.55. The molecule has 1 saturated carbocycles. The average Bonchev–Trinajstić information content (AvgIpc) is 3.18. The van der Waals surface area contributed by atoms with E-state index >= 15 is 0 Å². The zero-order chi connectivity index (χ0) is 23.9. The highest BCUT2D eigenvalue weighted by molar-refractivity contribution is 5.83. The molecule has 0 radical (unpaired) electrons. The molecule has 3 unspecified atom stereocenters. The largest absolute Gasteiger partial charge is 0.497 e. The second-order valence-corrected chi connectivity index (χ2v) is 9.30. The van der Waals surface area contributed by atoms with E-state index in [0.717, 1.165) is 75.5 Å². The molecule has 0 spiro atoms. The first-order chi connectivity index (χ1) is 16.0. The number of ketones is 1. The number of rotatable bonds is 16. The van der Waals surface area contributed by atoms with Gasteiger partial charge in [-0.15, -0.1) is 0 Å². The molecular formula is C28H43NO4. The van der Waals surface area contributed by atoms with Crippen LogP contribution in [0.4, 0.5) is 0 Å². The summed E-state index contributed by atoms with van der Waals surface area (Å²) in [5, 5.41) is 13.1. The molecule has 1 aromatic rings. The van der Waals surface area contributed by atoms with Crippen LogP contribution in [0.3, 0.4) is 0 Å². The molecule has 184 valence electrons. The first-order valence-corrected chi connectivity index (χ1v) is 12.8. The lowest BCUT2D eigenvalue weighted by atomic mass is 9.89. The second-order valence-electron chi connectivity index (χ2n) is 9.30. The number of aliphatic hydroxyl groups is 1. The molecule has 1 aliphatic rings. The molecule has 0 saturated heterocycles. The highest BCUT2D eigenvalue weighted by Gasteiger charge is 2.32. The van der Waals surface area contributed by atoms with Gasteiger partial charge in [0, 0.05) is 25.3 Å². The van der Waals surface area contributed by atoms with Crippen molar-refractivity contribution in [1.29, 1.82) is 0 Å². The number of unbranched alkanes of at least 4 members (excludes halogenated alkanes) is 5. The van der Waals surface area contributed by atoms with Gasteiger partial charge in [-0.05, 0) is 49.3 Å². The standard InChI is InChI=1S/C28H43NO4/c1-3-4-7-10-24(30)17-15-23-16-20-27(31)26(23)11-8-5-6-9-12-28(32)29-21-22-13-18-25(33-2)19-14-22/h13-15,17-19,23-24,26,30H,3-12,16,20-21H2,1-2H3,(H,29,32). The molecule has 0 heterocycles. The third-order valence-corrected chi connectivity index (χ3v) is 6.66. The molecule has 33 heavy (non-hydrogen) atoms. The van der Waals surface area contributed by atoms with Crippen LogP contribution in [-0.2, 0) is 16.1 Å². The second kappa shape index (κ2) is 15.7. The Morgan fingerprint density at radius 3 is 2.64 bits per heavy atom. The van der Waals surface area contributed by atoms with Crippen molar-refractivity contribution in [3.8, 4) is 5.75 Å². The van der Waals surface area contributed by atoms with Crippen LogP contribution < -0.4 is 10.1 Å². The third kappa shape index (κ3) is 10.6. The molecule has 0 aromatic heterocycles. The van der Waals surface area contributed by atoms with Crippen LogP contribution in [0.5, 0.6) is 5.75 Å². The van der Waals surface area contributed by atoms with E-state index in [0.29, 0.717) is 25.2 Å². The summed E-state index contributed by atoms with van der Waals surface area (Å²) in [5.41, 5.74) is 1.06. The van der Waals surface area contributed by atoms with E-state index in [4.69, 9.17) is 4.74 Å². The molecule has 0 aliphatic heterocycles. The van der Waals surface area contributed by atoms with E-state index in [2.05, 4.69) is 18.3 Å². The van der Waals surface area contributed by atoms with Crippen LogP contribution in [-0.4, -0.2) is 30.0 Å². The number of carbonyl (C=O) groups is 2. The van der Waals surface area contributed by atoms with Crippen molar-refractivity contribution < 1.29 is 19.4 Å². The van der Waals surface area contributed by atoms with Crippen molar-refractivity contribution >= 4 is 11.7 Å². The minimum absolute atomic E-state index is 0.0829. The summed E-state index contributed by atoms with van der Waals surface area (Å²) in [6.45, 7) is 2.70. The first-order valence-electron chi connectivity index (χ1n) is 12.8. The van der Waals surface area contributed by atoms with Gasteiger partial charge in [0.15, 0.2) is 0 Å². The van der Waals surface area contributed by atoms with Crippen LogP contribution in [0.1, 0.15) is 89.5 Å². The Labute approximate surface area is 200 Å². The maximum absolute atomic E-state index is 12.3. The summed E-state index contributed by atoms with van der Waals surface area (Å²) in [5.74, 6) is 1.66. The van der Waals surface area contributed by atoms with Gasteiger partial charge in [-0.3, -0.25) is 9.59 Å². The molecule has 1 aliphatic carbocycles. The number of amides is 1. The zero-order valence-electron chi connectivity index (χ0n) is 20.6. The minimum Gasteiger partial charge on any atom is -0.497 e. The van der Waals surface area contributed by atoms with Gasteiger partial charge in [-0.1, -0.05) is 69.7 Å². The normalized spacial score (nSPS) is 19.2. The Morgan fingerprint density at radius 2 is 1.91 bits per heavy atom. The molecule has 1 aromatic carbocycles. The predicted octanol–water partition coefficient (Wildman–Crippen LogP) is 5.74. The van der Waals surface area contributed by atoms with Crippen LogP contribution in [0.15, 0.2) is 36.4 Å². The molecule has 0 bridgehead atoms. The number of carbonyl (C=O) groups excluding carboxylic acids is 2. The Balaban J connectivity index is 1.57. The fourth-order valence-electron chi connectivity index (χ4n) is 4.55. The number of ether oxygens (including phenoxy) is 1. The molecule has 5 heteroatoms. The van der Waals surface area contributed by atoms with E-state index in [9.17, 15) is 14.7 Å². The Kier molecular flexibility index (Phi) is 12.9. The predicted molar refractivity (Wildman–Crippen MR) is 133 cm³/mol. The summed E-state index contributed by atoms with van der Waals surface area (Å²) in [6.07, 6.45) is 14.8. The van der Waals surface area contributed by atoms with Gasteiger partial charge < -0.3 is 15.2 Å². The van der Waals surface area contributed by atoms with E-state index in [1.807, 2.05) is 30.3 Å². The summed E-state index contributed by atoms with van der Waals surface area (Å²) in [6, 6.07) is 7.71. The van der Waals surface area contributed by atoms with Crippen molar-refractivity contribution in [2.75, 3.05) is 7.11 Å². The number of hydrogen-bond donors (Lipinski definition) is 2. The SMILES string of the molecule is CCCCCC(O)C=CC1CCC(=O)C1CCCCCCC(=O)NCc1ccc(OC)cc1. The van der Waals surface area contributed by atoms with Crippen molar-refractivity contribution in [1.82, 2.24) is 5.32 Å². The smallest absolute Gasteiger partial charge is 0.220 e. The Hall–Kier alpha value is -2.14. The molecule has 1 amide bonds. The zero-order valence-corrected chi connectivity index (χ0v) is 20.6. The molecule has 1 fully saturated rings. The molecule has 3 atom stereocenters. The topological polar surface area (TPSA) is 75.6 Å². The number of allylic oxidation sites excluding steroid dienone is 1. The number of aliphatic hydroxyl groups excluding tert-OH is 1. The Bertz CT molecular complexity index is 728. The monoisotopic (exact) mass is 457 g/mol. The van der Waals surface area contributed by atoms with Crippen molar-refractivity contribution in [2.24, 2.45) is 11.8 Å². The molecule has 2 N–H and O–H groups in total. The van der Waals surface area contributed by atoms with E-state index in [1.54, 1.807) is 7.11 Å². The average molecular weight is 458 g/mol. The van der Waals surface area contributed by atoms with Gasteiger partial charge in [-0.25, -0.2) is 0 Å². The van der Waals surface area contributed by atoms with E-state index in [-0.39, 0.29) is 23.8 Å². The van der Waals surface area contributed by atoms with E-state index in [1.165, 1.54) is 0 Å². The van der Waals surface area contributed by atoms with E-state index < -0.39 is 0 Å². The lowest BCUT2D eigenvalue weighted by Gasteiger charge is -2.15. The fraction of sp³-hybridized carbons (Fsp3) is 0.643. The number of methoxy groups -OCH3 is 1. The molecule has 2 rings (SSSR count). The number of Topliss-reactive ketones (excluding diaryl/α,β-unsaturated/α-hetero) is 1. The lowest BCUT2D eigenvalue weighted by molar-refractivity contribution is -0.122. The molecular weight excluding hydrogens is 414 g/mol. The number of hydrogen-bond acceptors (Lipinski definition) is 4. The van der Waals surface area contributed by atoms with Crippen molar-refractivity contribution in [2.45, 2.75) is 96.6 Å². The first kappa shape index (κ1) is 27.1. The van der Waals surface area contributed by atoms with Gasteiger partial charge in [0.1, 0.15) is 11.5 Å². The van der Waals surface area contributed by atoms with Gasteiger partial charge in [0.05, 0.1) is 13.2 Å². The van der Waals surface area contributed by atoms with Crippen LogP contribution >= 0.6 is 0 Å². The maximum atomic E-state index is 12.3. The summed E-state index contributed by atoms with van der Waals surface area (Å²) in [4.78, 5) is 24.4. The third-order valence-electron chi connectivity index (χ3n) is 6.66. The van der Waals surface area contributed by atoms with Gasteiger partial charge in [0.2, 0.25) is 5.91 Å². The quantitative estimate of drug-likeness (QED) is 0.245. The van der Waals surface area contributed by atoms with Crippen molar-refractivity contribution in [3.63, 3.8) is 0 Å². The van der Waals surface area contributed by atoms with Crippen LogP contribution in [0.2, 0.25) is 0 Å². The van der Waals surface area contributed by atoms with Gasteiger partial charge in [0.25, 0.3) is 0 Å². The van der Waals surface area contributed by atoms with Crippen LogP contribution in [0, 0.1) is 11.8 Å². The minimum atomic E-state index is -0.385. The summed E-state index contributed by atoms with van der Waals surface area (Å²) < 4.78 is 5.14. The summed E-state index contributed by atoms with van der Waals surface area (Å²) in [7, 11) is 1.64. The number of nitrogens with one attached hydrogen (secondary N) is 1. The lowest BCUT2D eigenvalue weighted by Crippen LogP contribution is -2.22. The van der Waals surface area contributed by atoms with Gasteiger partial charge >= 0.3 is 0 Å². The summed E-state index contributed by atoms with van der Waals surface area (Å²) >= 11 is 0. The number of benzene rings is 1. The highest BCUT2D eigenvalue weighted by atomic mass is 16.5. The van der Waals surface area contributed by atoms with Crippen molar-refractivity contribution in [3.05, 3.63) is 42.0 Å². The highest BCUT2D eigenvalue weighted by Crippen LogP contribution is 2.34. The van der Waals surface area contributed by atoms with Crippen LogP contribution in [0.25, 0.3) is 0 Å². The molecule has 5 nitrogen and oxygen atoms in total.